The summed E-state index contributed by atoms with van der Waals surface area (Å²) in [5.41, 5.74) is -0.0419. The number of hydrogen-bond donors (Lipinski definition) is 2. The van der Waals surface area contributed by atoms with Gasteiger partial charge in [0.1, 0.15) is 5.82 Å². The van der Waals surface area contributed by atoms with Gasteiger partial charge in [-0.15, -0.1) is 0 Å². The highest BCUT2D eigenvalue weighted by Crippen LogP contribution is 2.35. The summed E-state index contributed by atoms with van der Waals surface area (Å²) >= 11 is 0. The second-order valence-electron chi connectivity index (χ2n) is 4.45. The van der Waals surface area contributed by atoms with Gasteiger partial charge in [-0.25, -0.2) is 14.8 Å². The lowest BCUT2D eigenvalue weighted by Crippen LogP contribution is -2.30. The van der Waals surface area contributed by atoms with E-state index in [9.17, 15) is 4.79 Å². The molecule has 1 aromatic heterocycles. The maximum atomic E-state index is 10.6. The van der Waals surface area contributed by atoms with E-state index in [0.717, 1.165) is 19.3 Å². The molecule has 0 unspecified atom stereocenters. The van der Waals surface area contributed by atoms with Crippen LogP contribution in [0.2, 0.25) is 0 Å². The summed E-state index contributed by atoms with van der Waals surface area (Å²) in [7, 11) is 0. The highest BCUT2D eigenvalue weighted by Gasteiger charge is 2.40. The fraction of sp³-hybridized carbons (Fsp3) is 0.545. The number of carboxylic acid groups (broad SMARTS) is 1. The molecule has 0 aliphatic carbocycles. The third-order valence-corrected chi connectivity index (χ3v) is 3.31. The lowest BCUT2D eigenvalue weighted by molar-refractivity contribution is 0.0690. The second kappa shape index (κ2) is 3.96. The average Bonchev–Trinajstić information content (AvgIpc) is 2.91. The summed E-state index contributed by atoms with van der Waals surface area (Å²) in [5.74, 6) is -0.455. The summed E-state index contributed by atoms with van der Waals surface area (Å²) in [4.78, 5) is 18.5. The molecule has 6 nitrogen and oxygen atoms in total. The number of aromatic nitrogens is 2. The second-order valence-corrected chi connectivity index (χ2v) is 4.45. The quantitative estimate of drug-likeness (QED) is 0.810. The molecule has 2 saturated heterocycles. The highest BCUT2D eigenvalue weighted by molar-refractivity contribution is 5.84. The maximum absolute atomic E-state index is 10.6. The Morgan fingerprint density at radius 1 is 1.41 bits per heavy atom. The number of aromatic carboxylic acids is 1. The molecule has 0 radical (unpaired) electrons. The van der Waals surface area contributed by atoms with Gasteiger partial charge in [-0.05, 0) is 19.3 Å². The van der Waals surface area contributed by atoms with Crippen molar-refractivity contribution in [2.24, 2.45) is 0 Å². The molecule has 2 bridgehead atoms. The summed E-state index contributed by atoms with van der Waals surface area (Å²) < 4.78 is 5.71. The Morgan fingerprint density at radius 3 is 2.82 bits per heavy atom. The topological polar surface area (TPSA) is 84.3 Å². The first-order valence-electron chi connectivity index (χ1n) is 5.70. The lowest BCUT2D eigenvalue weighted by atomic mass is 9.95. The van der Waals surface area contributed by atoms with Crippen molar-refractivity contribution >= 4 is 11.8 Å². The van der Waals surface area contributed by atoms with E-state index in [1.54, 1.807) is 0 Å². The molecule has 0 aromatic carbocycles. The van der Waals surface area contributed by atoms with E-state index in [2.05, 4.69) is 15.3 Å². The van der Waals surface area contributed by atoms with E-state index in [1.165, 1.54) is 12.4 Å². The predicted octanol–water partition coefficient (Wildman–Crippen LogP) is 0.907. The summed E-state index contributed by atoms with van der Waals surface area (Å²) in [5, 5.41) is 11.9. The Bertz CT molecular complexity index is 434. The van der Waals surface area contributed by atoms with Crippen molar-refractivity contribution in [1.29, 1.82) is 0 Å². The number of ether oxygens (including phenoxy) is 1. The zero-order chi connectivity index (χ0) is 11.8. The predicted molar refractivity (Wildman–Crippen MR) is 58.9 cm³/mol. The fourth-order valence-corrected chi connectivity index (χ4v) is 2.49. The van der Waals surface area contributed by atoms with Gasteiger partial charge < -0.3 is 15.2 Å². The molecule has 2 fully saturated rings. The molecule has 2 aliphatic heterocycles. The Hall–Kier alpha value is -1.69. The van der Waals surface area contributed by atoms with Gasteiger partial charge in [0.25, 0.3) is 0 Å². The Labute approximate surface area is 98.0 Å². The molecule has 6 heteroatoms. The smallest absolute Gasteiger partial charge is 0.356 e. The number of nitrogens with one attached hydrogen (secondary N) is 1. The van der Waals surface area contributed by atoms with Gasteiger partial charge in [-0.3, -0.25) is 0 Å². The van der Waals surface area contributed by atoms with E-state index >= 15 is 0 Å². The van der Waals surface area contributed by atoms with Crippen LogP contribution in [0.4, 0.5) is 5.82 Å². The van der Waals surface area contributed by atoms with Crippen LogP contribution in [-0.2, 0) is 4.74 Å². The lowest BCUT2D eigenvalue weighted by Gasteiger charge is -2.20. The van der Waals surface area contributed by atoms with Crippen molar-refractivity contribution in [2.45, 2.75) is 37.5 Å². The van der Waals surface area contributed by atoms with Crippen LogP contribution in [-0.4, -0.2) is 39.3 Å². The molecular formula is C11H13N3O3. The zero-order valence-corrected chi connectivity index (χ0v) is 9.17. The SMILES string of the molecule is O=C(O)c1cnc(N[C@@H]2C[C@H]3CC[C@@H]2O3)cn1. The van der Waals surface area contributed by atoms with E-state index in [0.29, 0.717) is 11.9 Å². The normalized spacial score (nSPS) is 30.5. The number of carbonyl (C=O) groups is 1. The molecule has 3 heterocycles. The molecule has 2 N–H and O–H groups in total. The van der Waals surface area contributed by atoms with Crippen LogP contribution in [0.3, 0.4) is 0 Å². The average molecular weight is 235 g/mol. The minimum Gasteiger partial charge on any atom is -0.476 e. The fourth-order valence-electron chi connectivity index (χ4n) is 2.49. The van der Waals surface area contributed by atoms with Crippen LogP contribution in [0.1, 0.15) is 29.8 Å². The molecule has 90 valence electrons. The highest BCUT2D eigenvalue weighted by atomic mass is 16.5. The van der Waals surface area contributed by atoms with Gasteiger partial charge in [0.15, 0.2) is 5.69 Å². The molecule has 2 aliphatic rings. The number of anilines is 1. The van der Waals surface area contributed by atoms with Gasteiger partial charge in [0, 0.05) is 0 Å². The summed E-state index contributed by atoms with van der Waals surface area (Å²) in [6.07, 6.45) is 6.58. The Balaban J connectivity index is 1.67. The van der Waals surface area contributed by atoms with E-state index in [-0.39, 0.29) is 17.8 Å². The van der Waals surface area contributed by atoms with Gasteiger partial charge >= 0.3 is 5.97 Å². The zero-order valence-electron chi connectivity index (χ0n) is 9.17. The first kappa shape index (κ1) is 10.5. The Kier molecular flexibility index (Phi) is 2.44. The monoisotopic (exact) mass is 235 g/mol. The van der Waals surface area contributed by atoms with Crippen molar-refractivity contribution in [2.75, 3.05) is 5.32 Å². The van der Waals surface area contributed by atoms with E-state index < -0.39 is 5.97 Å². The molecule has 17 heavy (non-hydrogen) atoms. The molecule has 0 saturated carbocycles. The summed E-state index contributed by atoms with van der Waals surface area (Å²) in [6, 6.07) is 0.277. The van der Waals surface area contributed by atoms with E-state index in [1.807, 2.05) is 0 Å². The van der Waals surface area contributed by atoms with Crippen molar-refractivity contribution in [1.82, 2.24) is 9.97 Å². The van der Waals surface area contributed by atoms with Crippen LogP contribution in [0.15, 0.2) is 12.4 Å². The van der Waals surface area contributed by atoms with Crippen molar-refractivity contribution in [3.05, 3.63) is 18.1 Å². The standard InChI is InChI=1S/C11H13N3O3/c15-11(16)8-4-13-10(5-12-8)14-7-3-6-1-2-9(7)17-6/h4-7,9H,1-3H2,(H,13,14)(H,15,16)/t6-,7-,9+/m1/s1. The number of nitrogens with zero attached hydrogens (tertiary/aromatic N) is 2. The van der Waals surface area contributed by atoms with E-state index in [4.69, 9.17) is 9.84 Å². The van der Waals surface area contributed by atoms with Crippen LogP contribution in [0, 0.1) is 0 Å². The minimum atomic E-state index is -1.06. The van der Waals surface area contributed by atoms with Crippen molar-refractivity contribution in [3.8, 4) is 0 Å². The largest absolute Gasteiger partial charge is 0.476 e. The van der Waals surface area contributed by atoms with Crippen LogP contribution < -0.4 is 5.32 Å². The molecule has 1 aromatic rings. The number of rotatable bonds is 3. The number of fused-ring (bicyclic) bond motifs is 2. The van der Waals surface area contributed by atoms with Crippen LogP contribution in [0.25, 0.3) is 0 Å². The van der Waals surface area contributed by atoms with Crippen LogP contribution >= 0.6 is 0 Å². The molecule has 0 spiro atoms. The maximum Gasteiger partial charge on any atom is 0.356 e. The minimum absolute atomic E-state index is 0.0419. The first-order chi connectivity index (χ1) is 8.22. The molecule has 3 atom stereocenters. The van der Waals surface area contributed by atoms with Gasteiger partial charge in [0.2, 0.25) is 0 Å². The first-order valence-corrected chi connectivity index (χ1v) is 5.70. The molecule has 0 amide bonds. The van der Waals surface area contributed by atoms with Crippen LogP contribution in [0.5, 0.6) is 0 Å². The molecule has 3 rings (SSSR count). The third kappa shape index (κ3) is 1.95. The number of carboxylic acids is 1. The Morgan fingerprint density at radius 2 is 2.29 bits per heavy atom. The summed E-state index contributed by atoms with van der Waals surface area (Å²) in [6.45, 7) is 0. The van der Waals surface area contributed by atoms with Gasteiger partial charge in [-0.1, -0.05) is 0 Å². The number of hydrogen-bond acceptors (Lipinski definition) is 5. The van der Waals surface area contributed by atoms with Crippen molar-refractivity contribution < 1.29 is 14.6 Å². The van der Waals surface area contributed by atoms with Gasteiger partial charge in [-0.2, -0.15) is 0 Å². The molecular weight excluding hydrogens is 222 g/mol. The van der Waals surface area contributed by atoms with Crippen molar-refractivity contribution in [3.63, 3.8) is 0 Å². The van der Waals surface area contributed by atoms with Gasteiger partial charge in [0.05, 0.1) is 30.6 Å². The third-order valence-electron chi connectivity index (χ3n) is 3.31.